The van der Waals surface area contributed by atoms with Crippen LogP contribution in [0.3, 0.4) is 0 Å². The molecule has 25 heavy (non-hydrogen) atoms. The van der Waals surface area contributed by atoms with E-state index < -0.39 is 0 Å². The Morgan fingerprint density at radius 2 is 1.92 bits per heavy atom. The zero-order chi connectivity index (χ0) is 17.4. The van der Waals surface area contributed by atoms with Gasteiger partial charge in [0.2, 0.25) is 0 Å². The molecule has 2 aliphatic rings. The maximum Gasteiger partial charge on any atom is 0.131 e. The lowest BCUT2D eigenvalue weighted by Crippen LogP contribution is -2.30. The van der Waals surface area contributed by atoms with E-state index in [0.717, 1.165) is 29.7 Å². The number of hydrogen-bond donors (Lipinski definition) is 2. The van der Waals surface area contributed by atoms with Crippen LogP contribution in [0.4, 0.5) is 15.8 Å². The van der Waals surface area contributed by atoms with E-state index in [2.05, 4.69) is 4.90 Å². The number of ether oxygens (including phenoxy) is 1. The van der Waals surface area contributed by atoms with Gasteiger partial charge in [0.05, 0.1) is 13.2 Å². The van der Waals surface area contributed by atoms with Crippen molar-refractivity contribution in [1.82, 2.24) is 0 Å². The highest BCUT2D eigenvalue weighted by Gasteiger charge is 2.32. The Labute approximate surface area is 146 Å². The van der Waals surface area contributed by atoms with Crippen molar-refractivity contribution in [3.63, 3.8) is 0 Å². The fourth-order valence-electron chi connectivity index (χ4n) is 3.27. The van der Waals surface area contributed by atoms with Gasteiger partial charge in [-0.25, -0.2) is 4.39 Å². The summed E-state index contributed by atoms with van der Waals surface area (Å²) >= 11 is 0. The summed E-state index contributed by atoms with van der Waals surface area (Å²) in [7, 11) is 0. The molecule has 3 N–H and O–H groups in total. The third kappa shape index (κ3) is 3.13. The third-order valence-electron chi connectivity index (χ3n) is 4.80. The van der Waals surface area contributed by atoms with E-state index in [1.54, 1.807) is 12.1 Å². The quantitative estimate of drug-likeness (QED) is 0.841. The van der Waals surface area contributed by atoms with Crippen LogP contribution >= 0.6 is 0 Å². The van der Waals surface area contributed by atoms with E-state index in [1.807, 2.05) is 24.3 Å². The van der Waals surface area contributed by atoms with Crippen LogP contribution in [0.15, 0.2) is 42.5 Å². The van der Waals surface area contributed by atoms with Crippen LogP contribution in [-0.4, -0.2) is 31.1 Å². The van der Waals surface area contributed by atoms with Crippen molar-refractivity contribution in [2.75, 3.05) is 30.6 Å². The summed E-state index contributed by atoms with van der Waals surface area (Å²) in [5.74, 6) is -0.305. The molecule has 0 bridgehead atoms. The molecule has 4 nitrogen and oxygen atoms in total. The van der Waals surface area contributed by atoms with Gasteiger partial charge in [0.15, 0.2) is 0 Å². The average molecular weight is 340 g/mol. The van der Waals surface area contributed by atoms with Gasteiger partial charge in [-0.15, -0.1) is 0 Å². The smallest absolute Gasteiger partial charge is 0.131 e. The number of rotatable bonds is 3. The van der Waals surface area contributed by atoms with Crippen molar-refractivity contribution in [2.45, 2.75) is 18.9 Å². The number of benzene rings is 2. The number of hydrogen-bond acceptors (Lipinski definition) is 4. The molecule has 5 heteroatoms. The van der Waals surface area contributed by atoms with Gasteiger partial charge in [-0.2, -0.15) is 0 Å². The summed E-state index contributed by atoms with van der Waals surface area (Å²) in [6.07, 6.45) is 4.04. The topological polar surface area (TPSA) is 58.7 Å². The predicted molar refractivity (Wildman–Crippen MR) is 97.6 cm³/mol. The molecule has 1 aliphatic heterocycles. The summed E-state index contributed by atoms with van der Waals surface area (Å²) in [5.41, 5.74) is 10.1. The molecule has 2 aromatic carbocycles. The van der Waals surface area contributed by atoms with Crippen LogP contribution in [0.1, 0.15) is 18.4 Å². The fraction of sp³-hybridized carbons (Fsp3) is 0.300. The number of aliphatic hydroxyl groups is 1. The monoisotopic (exact) mass is 340 g/mol. The molecule has 130 valence electrons. The van der Waals surface area contributed by atoms with Gasteiger partial charge in [-0.3, -0.25) is 0 Å². The molecular formula is C20H21FN2O2. The molecule has 2 aromatic rings. The Morgan fingerprint density at radius 3 is 2.60 bits per heavy atom. The SMILES string of the molecule is Nc1ccc(-c2cc3c(cc2F)C(CO)=CCOCN3C2CC2)cc1. The zero-order valence-corrected chi connectivity index (χ0v) is 13.9. The molecule has 0 spiro atoms. The molecule has 0 radical (unpaired) electrons. The first kappa shape index (κ1) is 16.1. The van der Waals surface area contributed by atoms with E-state index >= 15 is 0 Å². The van der Waals surface area contributed by atoms with E-state index in [-0.39, 0.29) is 12.4 Å². The Hall–Kier alpha value is -2.37. The first-order valence-corrected chi connectivity index (χ1v) is 8.51. The van der Waals surface area contributed by atoms with Gasteiger partial charge < -0.3 is 20.5 Å². The van der Waals surface area contributed by atoms with Crippen LogP contribution in [0, 0.1) is 5.82 Å². The number of nitrogen functional groups attached to an aromatic ring is 1. The molecule has 0 aromatic heterocycles. The van der Waals surface area contributed by atoms with Gasteiger partial charge >= 0.3 is 0 Å². The van der Waals surface area contributed by atoms with Crippen LogP contribution in [0.25, 0.3) is 16.7 Å². The van der Waals surface area contributed by atoms with Gasteiger partial charge in [-0.1, -0.05) is 18.2 Å². The average Bonchev–Trinajstić information content (AvgIpc) is 3.43. The van der Waals surface area contributed by atoms with Crippen LogP contribution in [0.5, 0.6) is 0 Å². The molecule has 1 saturated carbocycles. The Bertz CT molecular complexity index is 813. The molecule has 0 unspecified atom stereocenters. The van der Waals surface area contributed by atoms with E-state index in [1.165, 1.54) is 6.07 Å². The summed E-state index contributed by atoms with van der Waals surface area (Å²) in [4.78, 5) is 2.18. The van der Waals surface area contributed by atoms with E-state index in [4.69, 9.17) is 10.5 Å². The van der Waals surface area contributed by atoms with Crippen molar-refractivity contribution in [1.29, 1.82) is 0 Å². The molecule has 0 saturated heterocycles. The van der Waals surface area contributed by atoms with Crippen molar-refractivity contribution in [3.8, 4) is 11.1 Å². The van der Waals surface area contributed by atoms with E-state index in [9.17, 15) is 9.50 Å². The van der Waals surface area contributed by atoms with Crippen molar-refractivity contribution >= 4 is 16.9 Å². The second-order valence-electron chi connectivity index (χ2n) is 6.56. The van der Waals surface area contributed by atoms with E-state index in [0.29, 0.717) is 36.2 Å². The third-order valence-corrected chi connectivity index (χ3v) is 4.80. The molecule has 1 heterocycles. The van der Waals surface area contributed by atoms with Crippen molar-refractivity contribution in [3.05, 3.63) is 53.9 Å². The number of nitrogens with two attached hydrogens (primary N) is 1. The fourth-order valence-corrected chi connectivity index (χ4v) is 3.27. The van der Waals surface area contributed by atoms with Gasteiger partial charge in [0.1, 0.15) is 12.5 Å². The zero-order valence-electron chi connectivity index (χ0n) is 13.9. The number of aliphatic hydroxyl groups excluding tert-OH is 1. The molecular weight excluding hydrogens is 319 g/mol. The highest BCUT2D eigenvalue weighted by Crippen LogP contribution is 2.40. The highest BCUT2D eigenvalue weighted by atomic mass is 19.1. The van der Waals surface area contributed by atoms with Gasteiger partial charge in [0.25, 0.3) is 0 Å². The van der Waals surface area contributed by atoms with Crippen molar-refractivity contribution < 1.29 is 14.2 Å². The minimum absolute atomic E-state index is 0.143. The highest BCUT2D eigenvalue weighted by molar-refractivity contribution is 5.83. The summed E-state index contributed by atoms with van der Waals surface area (Å²) < 4.78 is 20.6. The van der Waals surface area contributed by atoms with Crippen LogP contribution < -0.4 is 10.6 Å². The predicted octanol–water partition coefficient (Wildman–Crippen LogP) is 3.41. The van der Waals surface area contributed by atoms with Gasteiger partial charge in [0, 0.05) is 28.5 Å². The molecule has 1 fully saturated rings. The van der Waals surface area contributed by atoms with Crippen LogP contribution in [-0.2, 0) is 4.74 Å². The molecule has 4 rings (SSSR count). The maximum atomic E-state index is 14.9. The Balaban J connectivity index is 1.88. The minimum atomic E-state index is -0.305. The standard InChI is InChI=1S/C20H21FN2O2/c21-19-9-18-14(11-24)7-8-25-12-23(16-5-6-16)20(18)10-17(19)13-1-3-15(22)4-2-13/h1-4,7,9-10,16,24H,5-6,8,11-12,22H2. The maximum absolute atomic E-state index is 14.9. The Kier molecular flexibility index (Phi) is 4.19. The molecule has 0 atom stereocenters. The lowest BCUT2D eigenvalue weighted by Gasteiger charge is -2.30. The summed E-state index contributed by atoms with van der Waals surface area (Å²) in [5, 5.41) is 9.72. The normalized spacial score (nSPS) is 17.5. The number of anilines is 2. The number of nitrogens with zero attached hydrogens (tertiary/aromatic N) is 1. The second kappa shape index (κ2) is 6.50. The van der Waals surface area contributed by atoms with Gasteiger partial charge in [-0.05, 0) is 48.2 Å². The lowest BCUT2D eigenvalue weighted by molar-refractivity contribution is 0.160. The number of halogens is 1. The van der Waals surface area contributed by atoms with Crippen LogP contribution in [0.2, 0.25) is 0 Å². The second-order valence-corrected chi connectivity index (χ2v) is 6.56. The summed E-state index contributed by atoms with van der Waals surface area (Å²) in [6, 6.07) is 11.0. The summed E-state index contributed by atoms with van der Waals surface area (Å²) in [6.45, 7) is 0.745. The Morgan fingerprint density at radius 1 is 1.16 bits per heavy atom. The molecule has 1 aliphatic carbocycles. The first-order chi connectivity index (χ1) is 12.2. The largest absolute Gasteiger partial charge is 0.399 e. The number of fused-ring (bicyclic) bond motifs is 1. The minimum Gasteiger partial charge on any atom is -0.399 e. The van der Waals surface area contributed by atoms with Crippen molar-refractivity contribution in [2.24, 2.45) is 0 Å². The molecule has 0 amide bonds. The first-order valence-electron chi connectivity index (χ1n) is 8.51. The lowest BCUT2D eigenvalue weighted by atomic mass is 9.96.